The fraction of sp³-hybridized carbons (Fsp3) is 0.389. The molecule has 28 heavy (non-hydrogen) atoms. The standard InChI is InChI=1S/C18H19F3N2O4S/c1-10-4-11(5-12(19)14(10)20)22-17(24)16-15(21)13(6-23(16)3)28(25,26)9-18(2)7-27-8-18/h4-6H,7-9H2,1-3H3,(H,22,24). The lowest BCUT2D eigenvalue weighted by molar-refractivity contribution is -0.0870. The van der Waals surface area contributed by atoms with Gasteiger partial charge in [-0.1, -0.05) is 6.92 Å². The van der Waals surface area contributed by atoms with Gasteiger partial charge < -0.3 is 14.6 Å². The van der Waals surface area contributed by atoms with Gasteiger partial charge in [0.15, 0.2) is 27.3 Å². The monoisotopic (exact) mass is 416 g/mol. The number of carbonyl (C=O) groups excluding carboxylic acids is 1. The SMILES string of the molecule is Cc1cc(NC(=O)c2c(F)c(S(=O)(=O)CC3(C)COC3)cn2C)cc(F)c1F. The Hall–Kier alpha value is -2.33. The molecular weight excluding hydrogens is 397 g/mol. The van der Waals surface area contributed by atoms with E-state index in [9.17, 15) is 26.4 Å². The topological polar surface area (TPSA) is 77.4 Å². The number of amides is 1. The van der Waals surface area contributed by atoms with Crippen molar-refractivity contribution in [1.82, 2.24) is 4.57 Å². The second-order valence-electron chi connectivity index (χ2n) is 7.37. The molecule has 2 heterocycles. The number of benzene rings is 1. The molecule has 1 aromatic heterocycles. The van der Waals surface area contributed by atoms with E-state index < -0.39 is 49.2 Å². The van der Waals surface area contributed by atoms with Gasteiger partial charge in [0.25, 0.3) is 5.91 Å². The highest BCUT2D eigenvalue weighted by Gasteiger charge is 2.40. The minimum atomic E-state index is -4.00. The summed E-state index contributed by atoms with van der Waals surface area (Å²) in [6.45, 7) is 3.54. The molecule has 6 nitrogen and oxygen atoms in total. The molecule has 152 valence electrons. The Morgan fingerprint density at radius 2 is 1.89 bits per heavy atom. The van der Waals surface area contributed by atoms with Gasteiger partial charge in [0.2, 0.25) is 0 Å². The van der Waals surface area contributed by atoms with Crippen LogP contribution in [0.5, 0.6) is 0 Å². The van der Waals surface area contributed by atoms with Gasteiger partial charge in [0.1, 0.15) is 10.6 Å². The number of nitrogens with one attached hydrogen (secondary N) is 1. The van der Waals surface area contributed by atoms with E-state index in [1.165, 1.54) is 20.0 Å². The third kappa shape index (κ3) is 3.66. The van der Waals surface area contributed by atoms with E-state index in [-0.39, 0.29) is 30.2 Å². The van der Waals surface area contributed by atoms with E-state index in [0.29, 0.717) is 0 Å². The molecule has 0 unspecified atom stereocenters. The van der Waals surface area contributed by atoms with Crippen LogP contribution in [0.15, 0.2) is 23.2 Å². The van der Waals surface area contributed by atoms with E-state index in [4.69, 9.17) is 4.74 Å². The predicted molar refractivity (Wildman–Crippen MR) is 95.4 cm³/mol. The van der Waals surface area contributed by atoms with Crippen LogP contribution in [-0.2, 0) is 21.6 Å². The van der Waals surface area contributed by atoms with Crippen molar-refractivity contribution in [2.45, 2.75) is 18.7 Å². The number of ether oxygens (including phenoxy) is 1. The van der Waals surface area contributed by atoms with Crippen molar-refractivity contribution in [3.63, 3.8) is 0 Å². The summed E-state index contributed by atoms with van der Waals surface area (Å²) in [5, 5.41) is 2.26. The van der Waals surface area contributed by atoms with Crippen LogP contribution in [0, 0.1) is 29.8 Å². The average Bonchev–Trinajstić information content (AvgIpc) is 2.86. The molecule has 1 fully saturated rings. The molecule has 1 amide bonds. The number of halogens is 3. The number of anilines is 1. The van der Waals surface area contributed by atoms with Gasteiger partial charge in [-0.15, -0.1) is 0 Å². The summed E-state index contributed by atoms with van der Waals surface area (Å²) in [6, 6.07) is 1.95. The zero-order chi connectivity index (χ0) is 20.9. The summed E-state index contributed by atoms with van der Waals surface area (Å²) in [4.78, 5) is 11.9. The highest BCUT2D eigenvalue weighted by atomic mass is 32.2. The van der Waals surface area contributed by atoms with Crippen molar-refractivity contribution in [1.29, 1.82) is 0 Å². The average molecular weight is 416 g/mol. The fourth-order valence-corrected chi connectivity index (χ4v) is 5.03. The van der Waals surface area contributed by atoms with Gasteiger partial charge in [-0.25, -0.2) is 21.6 Å². The van der Waals surface area contributed by atoms with Gasteiger partial charge in [-0.3, -0.25) is 4.79 Å². The zero-order valence-corrected chi connectivity index (χ0v) is 16.3. The largest absolute Gasteiger partial charge is 0.380 e. The van der Waals surface area contributed by atoms with Crippen LogP contribution in [0.1, 0.15) is 23.0 Å². The molecule has 1 N–H and O–H groups in total. The van der Waals surface area contributed by atoms with Gasteiger partial charge in [-0.05, 0) is 18.6 Å². The highest BCUT2D eigenvalue weighted by Crippen LogP contribution is 2.32. The summed E-state index contributed by atoms with van der Waals surface area (Å²) in [5.41, 5.74) is -1.25. The highest BCUT2D eigenvalue weighted by molar-refractivity contribution is 7.91. The molecule has 0 bridgehead atoms. The lowest BCUT2D eigenvalue weighted by Crippen LogP contribution is -2.45. The third-order valence-corrected chi connectivity index (χ3v) is 6.58. The maximum atomic E-state index is 14.8. The molecule has 1 aliphatic heterocycles. The molecule has 1 saturated heterocycles. The van der Waals surface area contributed by atoms with Crippen LogP contribution in [0.25, 0.3) is 0 Å². The van der Waals surface area contributed by atoms with E-state index in [0.717, 1.165) is 16.8 Å². The minimum Gasteiger partial charge on any atom is -0.380 e. The molecule has 10 heteroatoms. The van der Waals surface area contributed by atoms with Crippen LogP contribution >= 0.6 is 0 Å². The summed E-state index contributed by atoms with van der Waals surface area (Å²) in [7, 11) is -2.68. The van der Waals surface area contributed by atoms with Gasteiger partial charge >= 0.3 is 0 Å². The van der Waals surface area contributed by atoms with E-state index in [2.05, 4.69) is 5.32 Å². The van der Waals surface area contributed by atoms with Gasteiger partial charge in [0, 0.05) is 30.4 Å². The molecule has 1 aromatic carbocycles. The number of aromatic nitrogens is 1. The lowest BCUT2D eigenvalue weighted by Gasteiger charge is -2.37. The number of rotatable bonds is 5. The smallest absolute Gasteiger partial charge is 0.275 e. The van der Waals surface area contributed by atoms with Crippen LogP contribution in [0.3, 0.4) is 0 Å². The summed E-state index contributed by atoms with van der Waals surface area (Å²) >= 11 is 0. The van der Waals surface area contributed by atoms with Crippen molar-refractivity contribution < 1.29 is 31.1 Å². The normalized spacial score (nSPS) is 15.9. The van der Waals surface area contributed by atoms with Gasteiger partial charge in [0.05, 0.1) is 19.0 Å². The van der Waals surface area contributed by atoms with E-state index in [1.54, 1.807) is 6.92 Å². The Morgan fingerprint density at radius 3 is 2.43 bits per heavy atom. The summed E-state index contributed by atoms with van der Waals surface area (Å²) < 4.78 is 73.0. The maximum Gasteiger partial charge on any atom is 0.275 e. The number of aryl methyl sites for hydroxylation is 2. The fourth-order valence-electron chi connectivity index (χ4n) is 3.10. The van der Waals surface area contributed by atoms with Crippen LogP contribution in [0.2, 0.25) is 0 Å². The first-order chi connectivity index (χ1) is 12.9. The number of sulfone groups is 1. The first kappa shape index (κ1) is 20.4. The van der Waals surface area contributed by atoms with Crippen molar-refractivity contribution in [3.8, 4) is 0 Å². The van der Waals surface area contributed by atoms with E-state index in [1.807, 2.05) is 0 Å². The molecular formula is C18H19F3N2O4S. The molecule has 3 rings (SSSR count). The zero-order valence-electron chi connectivity index (χ0n) is 15.5. The minimum absolute atomic E-state index is 0.0399. The van der Waals surface area contributed by atoms with E-state index >= 15 is 0 Å². The van der Waals surface area contributed by atoms with Crippen LogP contribution < -0.4 is 5.32 Å². The predicted octanol–water partition coefficient (Wildman–Crippen LogP) is 2.81. The second kappa shape index (κ2) is 6.93. The molecule has 0 radical (unpaired) electrons. The van der Waals surface area contributed by atoms with Crippen molar-refractivity contribution in [3.05, 3.63) is 47.0 Å². The first-order valence-corrected chi connectivity index (χ1v) is 10.0. The number of nitrogens with zero attached hydrogens (tertiary/aromatic N) is 1. The van der Waals surface area contributed by atoms with Crippen molar-refractivity contribution in [2.24, 2.45) is 12.5 Å². The molecule has 2 aromatic rings. The Kier molecular flexibility index (Phi) is 5.05. The Morgan fingerprint density at radius 1 is 1.25 bits per heavy atom. The van der Waals surface area contributed by atoms with Crippen LogP contribution in [0.4, 0.5) is 18.9 Å². The van der Waals surface area contributed by atoms with Gasteiger partial charge in [-0.2, -0.15) is 0 Å². The molecule has 0 atom stereocenters. The molecule has 1 aliphatic rings. The summed E-state index contributed by atoms with van der Waals surface area (Å²) in [5.74, 6) is -4.70. The summed E-state index contributed by atoms with van der Waals surface area (Å²) in [6.07, 6.45) is 1.03. The number of carbonyl (C=O) groups is 1. The quantitative estimate of drug-likeness (QED) is 0.813. The second-order valence-corrected chi connectivity index (χ2v) is 9.33. The van der Waals surface area contributed by atoms with Crippen molar-refractivity contribution >= 4 is 21.4 Å². The Bertz CT molecular complexity index is 1040. The molecule has 0 spiro atoms. The third-order valence-electron chi connectivity index (χ3n) is 4.55. The maximum absolute atomic E-state index is 14.8. The Balaban J connectivity index is 1.90. The molecule has 0 saturated carbocycles. The number of hydrogen-bond acceptors (Lipinski definition) is 4. The Labute approximate surface area is 160 Å². The van der Waals surface area contributed by atoms with Crippen LogP contribution in [-0.4, -0.2) is 37.9 Å². The van der Waals surface area contributed by atoms with Crippen molar-refractivity contribution in [2.75, 3.05) is 24.3 Å². The number of hydrogen-bond donors (Lipinski definition) is 1. The first-order valence-electron chi connectivity index (χ1n) is 8.36. The lowest BCUT2D eigenvalue weighted by atomic mass is 9.92. The molecule has 0 aliphatic carbocycles.